The molecule has 0 radical (unpaired) electrons. The fourth-order valence-corrected chi connectivity index (χ4v) is 1.15. The molecule has 0 aromatic heterocycles. The first-order valence-corrected chi connectivity index (χ1v) is 4.91. The maximum Gasteiger partial charge on any atom is 0.162 e. The largest absolute Gasteiger partial charge is 0.294 e. The van der Waals surface area contributed by atoms with Crippen molar-refractivity contribution in [3.05, 3.63) is 45.8 Å². The minimum Gasteiger partial charge on any atom is -0.294 e. The molecule has 16 heavy (non-hydrogen) atoms. The Balaban J connectivity index is 2.74. The molecule has 1 aromatic carbocycles. The van der Waals surface area contributed by atoms with Gasteiger partial charge in [0.1, 0.15) is 0 Å². The van der Waals surface area contributed by atoms with E-state index in [2.05, 4.69) is 21.9 Å². The van der Waals surface area contributed by atoms with E-state index in [0.717, 1.165) is 5.56 Å². The summed E-state index contributed by atoms with van der Waals surface area (Å²) in [4.78, 5) is 13.9. The molecule has 0 saturated heterocycles. The van der Waals surface area contributed by atoms with Crippen molar-refractivity contribution in [2.24, 2.45) is 5.11 Å². The van der Waals surface area contributed by atoms with Gasteiger partial charge < -0.3 is 0 Å². The number of azide groups is 1. The van der Waals surface area contributed by atoms with Crippen LogP contribution in [0.5, 0.6) is 0 Å². The highest BCUT2D eigenvalue weighted by molar-refractivity contribution is 5.95. The number of ketones is 1. The number of nitrogens with zero attached hydrogens (tertiary/aromatic N) is 3. The van der Waals surface area contributed by atoms with Crippen molar-refractivity contribution in [3.8, 4) is 11.8 Å². The number of hydrogen-bond acceptors (Lipinski definition) is 2. The maximum absolute atomic E-state index is 11.3. The van der Waals surface area contributed by atoms with Gasteiger partial charge in [0.05, 0.1) is 6.54 Å². The van der Waals surface area contributed by atoms with Crippen LogP contribution in [0.15, 0.2) is 29.4 Å². The van der Waals surface area contributed by atoms with E-state index >= 15 is 0 Å². The fraction of sp³-hybridized carbons (Fsp3) is 0.250. The van der Waals surface area contributed by atoms with Gasteiger partial charge in [-0.25, -0.2) is 0 Å². The summed E-state index contributed by atoms with van der Waals surface area (Å²) in [5, 5.41) is 3.30. The topological polar surface area (TPSA) is 65.8 Å². The zero-order valence-electron chi connectivity index (χ0n) is 8.97. The summed E-state index contributed by atoms with van der Waals surface area (Å²) < 4.78 is 0. The number of hydrogen-bond donors (Lipinski definition) is 0. The van der Waals surface area contributed by atoms with E-state index in [9.17, 15) is 4.79 Å². The lowest BCUT2D eigenvalue weighted by Gasteiger charge is -1.96. The van der Waals surface area contributed by atoms with Crippen LogP contribution in [0.1, 0.15) is 29.3 Å². The van der Waals surface area contributed by atoms with Gasteiger partial charge in [0, 0.05) is 22.5 Å². The zero-order valence-corrected chi connectivity index (χ0v) is 8.97. The van der Waals surface area contributed by atoms with Gasteiger partial charge in [-0.3, -0.25) is 4.79 Å². The molecule has 0 fully saturated rings. The molecule has 0 aliphatic rings. The smallest absolute Gasteiger partial charge is 0.162 e. The minimum absolute atomic E-state index is 0.119. The molecule has 0 unspecified atom stereocenters. The van der Waals surface area contributed by atoms with Crippen molar-refractivity contribution in [1.82, 2.24) is 0 Å². The SMILES string of the molecule is CCC(=O)c1ccc(C#CCN=[N+]=[N-])cc1. The number of benzene rings is 1. The van der Waals surface area contributed by atoms with Gasteiger partial charge >= 0.3 is 0 Å². The van der Waals surface area contributed by atoms with Crippen molar-refractivity contribution in [2.75, 3.05) is 6.54 Å². The number of carbonyl (C=O) groups is 1. The molecule has 0 N–H and O–H groups in total. The predicted molar refractivity (Wildman–Crippen MR) is 62.0 cm³/mol. The number of carbonyl (C=O) groups excluding carboxylic acids is 1. The van der Waals surface area contributed by atoms with Crippen molar-refractivity contribution in [1.29, 1.82) is 0 Å². The highest BCUT2D eigenvalue weighted by Gasteiger charge is 2.00. The van der Waals surface area contributed by atoms with E-state index in [1.807, 2.05) is 6.92 Å². The average molecular weight is 213 g/mol. The quantitative estimate of drug-likeness (QED) is 0.250. The highest BCUT2D eigenvalue weighted by Crippen LogP contribution is 2.05. The van der Waals surface area contributed by atoms with Crippen LogP contribution in [0.4, 0.5) is 0 Å². The second kappa shape index (κ2) is 6.28. The Labute approximate surface area is 93.9 Å². The summed E-state index contributed by atoms with van der Waals surface area (Å²) in [6.45, 7) is 1.99. The summed E-state index contributed by atoms with van der Waals surface area (Å²) in [6.07, 6.45) is 0.502. The van der Waals surface area contributed by atoms with Gasteiger partial charge in [-0.05, 0) is 17.7 Å². The molecule has 0 atom stereocenters. The fourth-order valence-electron chi connectivity index (χ4n) is 1.15. The molecule has 0 heterocycles. The molecule has 4 heteroatoms. The lowest BCUT2D eigenvalue weighted by atomic mass is 10.1. The van der Waals surface area contributed by atoms with Crippen LogP contribution in [-0.4, -0.2) is 12.3 Å². The van der Waals surface area contributed by atoms with E-state index in [1.54, 1.807) is 24.3 Å². The number of rotatable bonds is 3. The Kier molecular flexibility index (Phi) is 4.65. The third-order valence-electron chi connectivity index (χ3n) is 1.97. The van der Waals surface area contributed by atoms with Gasteiger partial charge in [-0.15, -0.1) is 0 Å². The second-order valence-electron chi connectivity index (χ2n) is 3.04. The molecule has 1 aromatic rings. The van der Waals surface area contributed by atoms with E-state index in [0.29, 0.717) is 12.0 Å². The lowest BCUT2D eigenvalue weighted by molar-refractivity contribution is 0.0988. The molecule has 0 aliphatic heterocycles. The predicted octanol–water partition coefficient (Wildman–Crippen LogP) is 2.94. The van der Waals surface area contributed by atoms with Crippen molar-refractivity contribution in [3.63, 3.8) is 0 Å². The van der Waals surface area contributed by atoms with Crippen molar-refractivity contribution in [2.45, 2.75) is 13.3 Å². The summed E-state index contributed by atoms with van der Waals surface area (Å²) >= 11 is 0. The molecule has 1 rings (SSSR count). The zero-order chi connectivity index (χ0) is 11.8. The Morgan fingerprint density at radius 1 is 1.44 bits per heavy atom. The van der Waals surface area contributed by atoms with Crippen LogP contribution >= 0.6 is 0 Å². The molecule has 80 valence electrons. The lowest BCUT2D eigenvalue weighted by Crippen LogP contribution is -1.95. The van der Waals surface area contributed by atoms with Crippen LogP contribution in [0, 0.1) is 11.8 Å². The number of Topliss-reactive ketones (excluding diaryl/α,β-unsaturated/α-hetero) is 1. The monoisotopic (exact) mass is 213 g/mol. The molecular formula is C12H11N3O. The third kappa shape index (κ3) is 3.49. The molecular weight excluding hydrogens is 202 g/mol. The van der Waals surface area contributed by atoms with Crippen molar-refractivity contribution < 1.29 is 4.79 Å². The second-order valence-corrected chi connectivity index (χ2v) is 3.04. The molecule has 0 bridgehead atoms. The average Bonchev–Trinajstić information content (AvgIpc) is 2.34. The Hall–Kier alpha value is -2.24. The molecule has 0 aliphatic carbocycles. The minimum atomic E-state index is 0.119. The Morgan fingerprint density at radius 2 is 2.12 bits per heavy atom. The highest BCUT2D eigenvalue weighted by atomic mass is 16.1. The van der Waals surface area contributed by atoms with E-state index in [-0.39, 0.29) is 12.3 Å². The first-order chi connectivity index (χ1) is 7.77. The summed E-state index contributed by atoms with van der Waals surface area (Å²) in [6, 6.07) is 7.07. The first kappa shape index (κ1) is 11.8. The molecule has 0 spiro atoms. The van der Waals surface area contributed by atoms with Crippen LogP contribution in [0.25, 0.3) is 10.4 Å². The Morgan fingerprint density at radius 3 is 2.69 bits per heavy atom. The van der Waals surface area contributed by atoms with Crippen molar-refractivity contribution >= 4 is 5.78 Å². The van der Waals surface area contributed by atoms with E-state index in [4.69, 9.17) is 5.53 Å². The van der Waals surface area contributed by atoms with E-state index < -0.39 is 0 Å². The van der Waals surface area contributed by atoms with Gasteiger partial charge in [-0.1, -0.05) is 36.0 Å². The van der Waals surface area contributed by atoms with E-state index in [1.165, 1.54) is 0 Å². The molecule has 0 amide bonds. The van der Waals surface area contributed by atoms with Gasteiger partial charge in [0.25, 0.3) is 0 Å². The standard InChI is InChI=1S/C12H11N3O/c1-2-12(16)11-7-5-10(6-8-11)4-3-9-14-15-13/h5-8H,2,9H2,1H3. The normalized spacial score (nSPS) is 8.56. The van der Waals surface area contributed by atoms with Gasteiger partial charge in [0.15, 0.2) is 5.78 Å². The first-order valence-electron chi connectivity index (χ1n) is 4.91. The molecule has 0 saturated carbocycles. The summed E-state index contributed by atoms with van der Waals surface area (Å²) in [7, 11) is 0. The third-order valence-corrected chi connectivity index (χ3v) is 1.97. The van der Waals surface area contributed by atoms with Gasteiger partial charge in [-0.2, -0.15) is 0 Å². The maximum atomic E-state index is 11.3. The molecule has 4 nitrogen and oxygen atoms in total. The van der Waals surface area contributed by atoms with Crippen LogP contribution in [-0.2, 0) is 0 Å². The Bertz CT molecular complexity index is 473. The van der Waals surface area contributed by atoms with Crippen LogP contribution < -0.4 is 0 Å². The van der Waals surface area contributed by atoms with Crippen LogP contribution in [0.2, 0.25) is 0 Å². The van der Waals surface area contributed by atoms with Crippen LogP contribution in [0.3, 0.4) is 0 Å². The summed E-state index contributed by atoms with van der Waals surface area (Å²) in [5.41, 5.74) is 9.54. The van der Waals surface area contributed by atoms with Gasteiger partial charge in [0.2, 0.25) is 0 Å². The summed E-state index contributed by atoms with van der Waals surface area (Å²) in [5.74, 6) is 5.67.